The van der Waals surface area contributed by atoms with Crippen LogP contribution in [0.1, 0.15) is 5.56 Å². The summed E-state index contributed by atoms with van der Waals surface area (Å²) >= 11 is 0. The highest BCUT2D eigenvalue weighted by molar-refractivity contribution is 6.75. The molecule has 0 amide bonds. The van der Waals surface area contributed by atoms with Crippen LogP contribution in [0.15, 0.2) is 79.1 Å². The average Bonchev–Trinajstić information content (AvgIpc) is 2.66. The van der Waals surface area contributed by atoms with E-state index in [4.69, 9.17) is 18.6 Å². The number of rotatable bonds is 3. The Morgan fingerprint density at radius 2 is 1.07 bits per heavy atom. The molecule has 156 valence electrons. The molecule has 0 spiro atoms. The molecule has 1 aromatic heterocycles. The molecule has 0 unspecified atom stereocenters. The smallest absolute Gasteiger partial charge is 0.222 e. The zero-order valence-corrected chi connectivity index (χ0v) is 18.9. The summed E-state index contributed by atoms with van der Waals surface area (Å²) in [6.07, 6.45) is 4.29. The highest BCUT2D eigenvalue weighted by atomic mass is 35.7. The van der Waals surface area contributed by atoms with E-state index in [9.17, 15) is 0 Å². The van der Waals surface area contributed by atoms with Gasteiger partial charge in [-0.3, -0.25) is 0 Å². The van der Waals surface area contributed by atoms with Crippen LogP contribution in [0.25, 0.3) is 27.2 Å². The van der Waals surface area contributed by atoms with Crippen LogP contribution in [-0.4, -0.2) is 8.07 Å². The van der Waals surface area contributed by atoms with Gasteiger partial charge in [0, 0.05) is 20.2 Å². The van der Waals surface area contributed by atoms with E-state index in [0.29, 0.717) is 0 Å². The second-order valence-electron chi connectivity index (χ2n) is 8.32. The second kappa shape index (κ2) is 8.81. The van der Waals surface area contributed by atoms with Crippen LogP contribution in [-0.2, 0) is 6.04 Å². The molecule has 0 atom stereocenters. The fourth-order valence-corrected chi connectivity index (χ4v) is 5.18. The first-order valence-electron chi connectivity index (χ1n) is 9.55. The van der Waals surface area contributed by atoms with Crippen LogP contribution < -0.4 is 23.2 Å². The Hall–Kier alpha value is -2.32. The van der Waals surface area contributed by atoms with E-state index in [1.165, 1.54) is 38.8 Å². The predicted octanol–water partition coefficient (Wildman–Crippen LogP) is 0.934. The van der Waals surface area contributed by atoms with Gasteiger partial charge >= 0.3 is 0 Å². The third-order valence-corrected chi connectivity index (χ3v) is 6.11. The van der Waals surface area contributed by atoms with E-state index in [-0.39, 0.29) is 0 Å². The van der Waals surface area contributed by atoms with Gasteiger partial charge in [-0.15, -0.1) is 10.2 Å². The van der Waals surface area contributed by atoms with Crippen LogP contribution in [0.2, 0.25) is 19.6 Å². The molecule has 0 saturated heterocycles. The van der Waals surface area contributed by atoms with Crippen molar-refractivity contribution in [2.24, 2.45) is 0 Å². The van der Waals surface area contributed by atoms with Gasteiger partial charge in [0.15, 0.2) is 12.4 Å². The Morgan fingerprint density at radius 3 is 1.47 bits per heavy atom. The van der Waals surface area contributed by atoms with Gasteiger partial charge in [-0.1, -0.05) is 62.1 Å². The van der Waals surface area contributed by atoms with E-state index < -0.39 is 18.3 Å². The minimum atomic E-state index is -4.94. The molecule has 30 heavy (non-hydrogen) atoms. The zero-order valence-electron chi connectivity index (χ0n) is 17.2. The molecule has 0 bridgehead atoms. The third kappa shape index (κ3) is 5.63. The molecule has 0 saturated carbocycles. The van der Waals surface area contributed by atoms with Gasteiger partial charge in [0.1, 0.15) is 0 Å². The minimum absolute atomic E-state index is 1.20. The van der Waals surface area contributed by atoms with Crippen molar-refractivity contribution in [3.05, 3.63) is 84.7 Å². The molecule has 1 heterocycles. The molecule has 0 radical (unpaired) electrons. The first-order valence-corrected chi connectivity index (χ1v) is 14.5. The third-order valence-electron chi connectivity index (χ3n) is 4.70. The predicted molar refractivity (Wildman–Crippen MR) is 110 cm³/mol. The molecular weight excluding hydrogens is 418 g/mol. The molecule has 3 aromatic carbocycles. The van der Waals surface area contributed by atoms with Crippen molar-refractivity contribution in [2.45, 2.75) is 25.7 Å². The lowest BCUT2D eigenvalue weighted by molar-refractivity contribution is -2.00. The maximum absolute atomic E-state index is 8.49. The van der Waals surface area contributed by atoms with Crippen molar-refractivity contribution in [3.63, 3.8) is 0 Å². The molecule has 0 N–H and O–H groups in total. The highest BCUT2D eigenvalue weighted by Crippen LogP contribution is 2.34. The monoisotopic (exact) mass is 441 g/mol. The Labute approximate surface area is 179 Å². The fourth-order valence-electron chi connectivity index (χ4n) is 3.74. The Morgan fingerprint density at radius 1 is 0.667 bits per heavy atom. The van der Waals surface area contributed by atoms with Crippen LogP contribution in [0.4, 0.5) is 0 Å². The lowest BCUT2D eigenvalue weighted by Crippen LogP contribution is -2.68. The van der Waals surface area contributed by atoms with Crippen molar-refractivity contribution in [3.8, 4) is 5.69 Å². The van der Waals surface area contributed by atoms with Gasteiger partial charge in [0.05, 0.1) is 10.8 Å². The van der Waals surface area contributed by atoms with Gasteiger partial charge in [0.25, 0.3) is 0 Å². The molecule has 0 fully saturated rings. The van der Waals surface area contributed by atoms with E-state index >= 15 is 0 Å². The number of hydrogen-bond acceptors (Lipinski definition) is 4. The quantitative estimate of drug-likeness (QED) is 0.268. The molecule has 5 nitrogen and oxygen atoms in total. The number of fused-ring (bicyclic) bond motifs is 2. The molecular formula is C23H24ClNO4Si. The highest BCUT2D eigenvalue weighted by Gasteiger charge is 2.23. The zero-order chi connectivity index (χ0) is 21.9. The number of aromatic nitrogens is 1. The summed E-state index contributed by atoms with van der Waals surface area (Å²) in [7, 11) is -6.18. The first-order chi connectivity index (χ1) is 14.0. The SMILES string of the molecule is C[Si](C)(C)Cc1c2ccccc2c(-[n+]2ccccc2)c2ccccc12.[O-][Cl+3]([O-])([O-])[O-]. The van der Waals surface area contributed by atoms with Gasteiger partial charge in [-0.25, -0.2) is 18.6 Å². The van der Waals surface area contributed by atoms with Crippen LogP contribution >= 0.6 is 0 Å². The van der Waals surface area contributed by atoms with Gasteiger partial charge in [-0.05, 0) is 34.5 Å². The van der Waals surface area contributed by atoms with Gasteiger partial charge < -0.3 is 0 Å². The van der Waals surface area contributed by atoms with E-state index in [0.717, 1.165) is 0 Å². The first kappa shape index (κ1) is 22.4. The summed E-state index contributed by atoms with van der Waals surface area (Å²) in [5.41, 5.74) is 2.80. The number of pyridine rings is 1. The molecule has 0 aliphatic heterocycles. The standard InChI is InChI=1S/C23H24NSi.ClHO4/c1-25(2,3)17-22-18-11-5-7-13-20(18)23(24-15-9-4-10-16-24)21-14-8-6-12-19(21)22;2-1(3,4)5/h4-16H,17H2,1-3H3;(H,2,3,4,5)/q+1;/p-1. The summed E-state index contributed by atoms with van der Waals surface area (Å²) in [5, 5.41) is 5.47. The van der Waals surface area contributed by atoms with Crippen molar-refractivity contribution >= 4 is 29.6 Å². The maximum Gasteiger partial charge on any atom is 0.226 e. The number of hydrogen-bond donors (Lipinski definition) is 0. The van der Waals surface area contributed by atoms with Crippen LogP contribution in [0, 0.1) is 10.2 Å². The van der Waals surface area contributed by atoms with Crippen LogP contribution in [0.3, 0.4) is 0 Å². The Kier molecular flexibility index (Phi) is 6.57. The summed E-state index contributed by atoms with van der Waals surface area (Å²) in [6.45, 7) is 7.36. The minimum Gasteiger partial charge on any atom is -0.222 e. The van der Waals surface area contributed by atoms with E-state index in [1.54, 1.807) is 0 Å². The Bertz CT molecular complexity index is 1090. The van der Waals surface area contributed by atoms with Crippen molar-refractivity contribution < 1.29 is 33.4 Å². The molecule has 0 aliphatic rings. The molecule has 4 aromatic rings. The summed E-state index contributed by atoms with van der Waals surface area (Å²) in [6, 6.07) is 25.2. The van der Waals surface area contributed by atoms with Crippen molar-refractivity contribution in [1.29, 1.82) is 0 Å². The van der Waals surface area contributed by atoms with E-state index in [2.05, 4.69) is 103 Å². The molecule has 7 heteroatoms. The lowest BCUT2D eigenvalue weighted by atomic mass is 9.95. The number of benzene rings is 3. The summed E-state index contributed by atoms with van der Waals surface area (Å²) in [5.74, 6) is 0. The van der Waals surface area contributed by atoms with Crippen molar-refractivity contribution in [1.82, 2.24) is 0 Å². The fraction of sp³-hybridized carbons (Fsp3) is 0.174. The maximum atomic E-state index is 8.49. The second-order valence-corrected chi connectivity index (χ2v) is 14.5. The van der Waals surface area contributed by atoms with E-state index in [1.807, 2.05) is 0 Å². The largest absolute Gasteiger partial charge is 0.226 e. The Balaban J connectivity index is 0.000000461. The van der Waals surface area contributed by atoms with Crippen molar-refractivity contribution in [2.75, 3.05) is 0 Å². The lowest BCUT2D eigenvalue weighted by Gasteiger charge is -2.20. The van der Waals surface area contributed by atoms with Crippen LogP contribution in [0.5, 0.6) is 0 Å². The number of nitrogens with zero attached hydrogens (tertiary/aromatic N) is 1. The topological polar surface area (TPSA) is 96.1 Å². The normalized spacial score (nSPS) is 12.0. The summed E-state index contributed by atoms with van der Waals surface area (Å²) < 4.78 is 36.2. The number of halogens is 1. The average molecular weight is 442 g/mol. The summed E-state index contributed by atoms with van der Waals surface area (Å²) in [4.78, 5) is 0. The molecule has 4 rings (SSSR count). The van der Waals surface area contributed by atoms with Gasteiger partial charge in [-0.2, -0.15) is 4.57 Å². The van der Waals surface area contributed by atoms with Gasteiger partial charge in [0.2, 0.25) is 5.69 Å². The molecule has 0 aliphatic carbocycles.